The minimum Gasteiger partial charge on any atom is -0.363 e. The molecule has 0 atom stereocenters. The Labute approximate surface area is 249 Å². The summed E-state index contributed by atoms with van der Waals surface area (Å²) in [5.41, 5.74) is 2.01. The maximum atomic E-state index is 5.28. The van der Waals surface area contributed by atoms with Crippen molar-refractivity contribution in [3.63, 3.8) is 0 Å². The molecule has 3 heterocycles. The van der Waals surface area contributed by atoms with Crippen molar-refractivity contribution in [1.29, 1.82) is 0 Å². The van der Waals surface area contributed by atoms with Crippen molar-refractivity contribution in [2.75, 3.05) is 8.46 Å². The van der Waals surface area contributed by atoms with Crippen LogP contribution in [0.3, 0.4) is 0 Å². The highest BCUT2D eigenvalue weighted by Crippen LogP contribution is 2.44. The van der Waals surface area contributed by atoms with Crippen LogP contribution in [0, 0.1) is 13.8 Å². The number of nitrogens with zero attached hydrogens (tertiary/aromatic N) is 4. The van der Waals surface area contributed by atoms with E-state index in [4.69, 9.17) is 9.97 Å². The summed E-state index contributed by atoms with van der Waals surface area (Å²) < 4.78 is 5.57. The van der Waals surface area contributed by atoms with E-state index < -0.39 is 16.8 Å². The van der Waals surface area contributed by atoms with Crippen LogP contribution >= 0.6 is 0 Å². The molecule has 0 spiro atoms. The summed E-state index contributed by atoms with van der Waals surface area (Å²) in [6.45, 7) is 4.18. The van der Waals surface area contributed by atoms with Crippen molar-refractivity contribution >= 4 is 49.2 Å². The van der Waals surface area contributed by atoms with Gasteiger partial charge in [-0.2, -0.15) is 0 Å². The number of aryl methyl sites for hydroxylation is 2. The average molecular weight is 577 g/mol. The molecule has 2 aromatic heterocycles. The molecule has 1 fully saturated rings. The molecule has 0 radical (unpaired) electrons. The van der Waals surface area contributed by atoms with Crippen molar-refractivity contribution in [2.24, 2.45) is 0 Å². The molecule has 0 saturated carbocycles. The zero-order valence-electron chi connectivity index (χ0n) is 23.8. The molecule has 4 aromatic carbocycles. The van der Waals surface area contributed by atoms with E-state index in [1.807, 2.05) is 0 Å². The van der Waals surface area contributed by atoms with Gasteiger partial charge >= 0.3 is 16.8 Å². The number of rotatable bonds is 6. The fourth-order valence-electron chi connectivity index (χ4n) is 6.64. The Kier molecular flexibility index (Phi) is 6.57. The summed E-state index contributed by atoms with van der Waals surface area (Å²) in [5, 5.41) is 5.21. The summed E-state index contributed by atoms with van der Waals surface area (Å²) in [6.07, 6.45) is 0. The molecule has 6 aromatic rings. The van der Waals surface area contributed by atoms with Crippen LogP contribution in [-0.4, -0.2) is 26.8 Å². The molecule has 1 saturated heterocycles. The average Bonchev–Trinajstić information content (AvgIpc) is 3.03. The molecule has 204 valence electrons. The molecule has 6 heteroatoms. The lowest BCUT2D eigenvalue weighted by Gasteiger charge is -2.71. The van der Waals surface area contributed by atoms with Gasteiger partial charge in [-0.15, -0.1) is 0 Å². The molecule has 1 aliphatic rings. The second-order valence-corrected chi connectivity index (χ2v) is 18.4. The summed E-state index contributed by atoms with van der Waals surface area (Å²) in [4.78, 5) is 10.6. The fourth-order valence-corrected chi connectivity index (χ4v) is 21.6. The van der Waals surface area contributed by atoms with Crippen LogP contribution in [0.5, 0.6) is 0 Å². The second-order valence-electron chi connectivity index (χ2n) is 10.8. The zero-order chi connectivity index (χ0) is 28.6. The Morgan fingerprint density at radius 3 is 0.905 bits per heavy atom. The minimum atomic E-state index is -2.98. The number of hydrogen-bond acceptors (Lipinski definition) is 4. The maximum absolute atomic E-state index is 5.28. The van der Waals surface area contributed by atoms with Gasteiger partial charge in [0.1, 0.15) is 11.6 Å². The first-order valence-electron chi connectivity index (χ1n) is 14.4. The number of pyridine rings is 2. The molecule has 0 aliphatic carbocycles. The molecule has 1 aliphatic heterocycles. The van der Waals surface area contributed by atoms with Gasteiger partial charge in [0.25, 0.3) is 0 Å². The highest BCUT2D eigenvalue weighted by molar-refractivity contribution is 7.38. The van der Waals surface area contributed by atoms with Crippen LogP contribution in [0.1, 0.15) is 11.4 Å². The van der Waals surface area contributed by atoms with Crippen LogP contribution in [-0.2, 0) is 0 Å². The summed E-state index contributed by atoms with van der Waals surface area (Å²) >= 11 is 0. The van der Waals surface area contributed by atoms with E-state index in [0.717, 1.165) is 23.0 Å². The second kappa shape index (κ2) is 10.6. The van der Waals surface area contributed by atoms with E-state index in [1.165, 1.54) is 20.7 Å². The molecule has 7 rings (SSSR count). The van der Waals surface area contributed by atoms with Crippen molar-refractivity contribution in [3.8, 4) is 0 Å². The van der Waals surface area contributed by atoms with Crippen LogP contribution < -0.4 is 29.2 Å². The Bertz CT molecular complexity index is 1590. The van der Waals surface area contributed by atoms with Crippen LogP contribution in [0.4, 0.5) is 11.6 Å². The number of benzene rings is 4. The highest BCUT2D eigenvalue weighted by Gasteiger charge is 2.75. The quantitative estimate of drug-likeness (QED) is 0.263. The third-order valence-electron chi connectivity index (χ3n) is 8.21. The molecule has 0 unspecified atom stereocenters. The van der Waals surface area contributed by atoms with Crippen LogP contribution in [0.15, 0.2) is 158 Å². The van der Waals surface area contributed by atoms with E-state index in [2.05, 4.69) is 180 Å². The first-order chi connectivity index (χ1) is 20.7. The number of aromatic nitrogens is 2. The SMILES string of the molecule is Cc1cccc(N2[Si](c3ccccc3)(c3ccccc3)N(c3cccc(C)n3)[Si]2(c2ccccc2)c2ccccc2)n1. The topological polar surface area (TPSA) is 32.3 Å². The summed E-state index contributed by atoms with van der Waals surface area (Å²) in [7, 11) is -5.96. The standard InChI is InChI=1S/C36H32N4Si2/c1-29-17-15-27-35(37-29)39-41(31-19-7-3-8-20-31,32-21-9-4-10-22-32)40(36-28-16-18-30(2)38-36)42(39,33-23-11-5-12-24-33)34-25-13-6-14-26-34/h3-28H,1-2H3. The van der Waals surface area contributed by atoms with Gasteiger partial charge < -0.3 is 8.46 Å². The highest BCUT2D eigenvalue weighted by atomic mass is 28.5. The lowest BCUT2D eigenvalue weighted by Crippen LogP contribution is -3.07. The van der Waals surface area contributed by atoms with Crippen molar-refractivity contribution < 1.29 is 0 Å². The van der Waals surface area contributed by atoms with Gasteiger partial charge in [0.15, 0.2) is 0 Å². The molecule has 42 heavy (non-hydrogen) atoms. The van der Waals surface area contributed by atoms with Crippen molar-refractivity contribution in [2.45, 2.75) is 13.8 Å². The zero-order valence-corrected chi connectivity index (χ0v) is 25.8. The molecule has 0 N–H and O–H groups in total. The lowest BCUT2D eigenvalue weighted by molar-refractivity contribution is 1.09. The molecule has 4 nitrogen and oxygen atoms in total. The van der Waals surface area contributed by atoms with Gasteiger partial charge in [0, 0.05) is 11.4 Å². The monoisotopic (exact) mass is 576 g/mol. The molecular formula is C36H32N4Si2. The first-order valence-corrected chi connectivity index (χ1v) is 18.2. The molecular weight excluding hydrogens is 545 g/mol. The summed E-state index contributed by atoms with van der Waals surface area (Å²) in [6, 6.07) is 57.1. The largest absolute Gasteiger partial charge is 0.363 e. The summed E-state index contributed by atoms with van der Waals surface area (Å²) in [5.74, 6) is 2.02. The predicted octanol–water partition coefficient (Wildman–Crippen LogP) is 4.93. The van der Waals surface area contributed by atoms with E-state index in [0.29, 0.717) is 0 Å². The Hall–Kier alpha value is -4.79. The van der Waals surface area contributed by atoms with E-state index in [9.17, 15) is 0 Å². The smallest absolute Gasteiger partial charge is 0.320 e. The Morgan fingerprint density at radius 1 is 0.357 bits per heavy atom. The van der Waals surface area contributed by atoms with E-state index in [1.54, 1.807) is 0 Å². The third kappa shape index (κ3) is 3.87. The van der Waals surface area contributed by atoms with Crippen molar-refractivity contribution in [3.05, 3.63) is 169 Å². The normalized spacial score (nSPS) is 15.2. The van der Waals surface area contributed by atoms with Gasteiger partial charge in [0.05, 0.1) is 0 Å². The lowest BCUT2D eigenvalue weighted by atomic mass is 10.4. The van der Waals surface area contributed by atoms with Gasteiger partial charge in [-0.3, -0.25) is 0 Å². The Morgan fingerprint density at radius 2 is 0.643 bits per heavy atom. The van der Waals surface area contributed by atoms with E-state index in [-0.39, 0.29) is 0 Å². The van der Waals surface area contributed by atoms with Crippen LogP contribution in [0.25, 0.3) is 0 Å². The van der Waals surface area contributed by atoms with Gasteiger partial charge in [-0.05, 0) is 58.9 Å². The van der Waals surface area contributed by atoms with Gasteiger partial charge in [-0.1, -0.05) is 133 Å². The number of hydrogen-bond donors (Lipinski definition) is 0. The van der Waals surface area contributed by atoms with Crippen LogP contribution in [0.2, 0.25) is 0 Å². The first kappa shape index (κ1) is 26.1. The molecule has 0 bridgehead atoms. The van der Waals surface area contributed by atoms with E-state index >= 15 is 0 Å². The molecule has 0 amide bonds. The predicted molar refractivity (Wildman–Crippen MR) is 179 cm³/mol. The van der Waals surface area contributed by atoms with Crippen molar-refractivity contribution in [1.82, 2.24) is 9.97 Å². The minimum absolute atomic E-state index is 1.01. The third-order valence-corrected chi connectivity index (χ3v) is 20.1. The number of anilines is 2. The van der Waals surface area contributed by atoms with Gasteiger partial charge in [-0.25, -0.2) is 9.97 Å². The fraction of sp³-hybridized carbons (Fsp3) is 0.0556. The Balaban J connectivity index is 1.70. The maximum Gasteiger partial charge on any atom is 0.320 e. The van der Waals surface area contributed by atoms with Gasteiger partial charge in [0.2, 0.25) is 0 Å².